The summed E-state index contributed by atoms with van der Waals surface area (Å²) in [5.74, 6) is -2.07. The molecule has 1 aromatic heterocycles. The van der Waals surface area contributed by atoms with Crippen LogP contribution in [0, 0.1) is 0 Å². The SMILES string of the molecule is NC(=O)C(=O)NN=C(c1ccccc1)c1ccccn1. The molecule has 20 heavy (non-hydrogen) atoms. The molecule has 0 unspecified atom stereocenters. The van der Waals surface area contributed by atoms with E-state index in [1.54, 1.807) is 24.4 Å². The van der Waals surface area contributed by atoms with Crippen LogP contribution in [0.4, 0.5) is 0 Å². The summed E-state index contributed by atoms with van der Waals surface area (Å²) in [6.07, 6.45) is 1.61. The van der Waals surface area contributed by atoms with Crippen LogP contribution in [0.1, 0.15) is 11.3 Å². The number of amides is 2. The first-order chi connectivity index (χ1) is 9.68. The third-order valence-electron chi connectivity index (χ3n) is 2.45. The van der Waals surface area contributed by atoms with E-state index in [4.69, 9.17) is 5.73 Å². The van der Waals surface area contributed by atoms with Crippen molar-refractivity contribution in [2.24, 2.45) is 10.8 Å². The monoisotopic (exact) mass is 268 g/mol. The molecule has 100 valence electrons. The lowest BCUT2D eigenvalue weighted by Gasteiger charge is -2.06. The topological polar surface area (TPSA) is 97.4 Å². The van der Waals surface area contributed by atoms with Crippen LogP contribution >= 0.6 is 0 Å². The number of carbonyl (C=O) groups is 2. The van der Waals surface area contributed by atoms with Crippen molar-refractivity contribution in [3.05, 3.63) is 66.0 Å². The van der Waals surface area contributed by atoms with Crippen LogP contribution in [-0.2, 0) is 9.59 Å². The molecule has 2 amide bonds. The number of primary amides is 1. The minimum atomic E-state index is -1.10. The maximum atomic E-state index is 11.2. The zero-order valence-corrected chi connectivity index (χ0v) is 10.5. The molecule has 0 aliphatic heterocycles. The van der Waals surface area contributed by atoms with Crippen LogP contribution in [0.15, 0.2) is 59.8 Å². The second-order valence-corrected chi connectivity index (χ2v) is 3.85. The predicted molar refractivity (Wildman–Crippen MR) is 73.7 cm³/mol. The Kier molecular flexibility index (Phi) is 4.18. The summed E-state index contributed by atoms with van der Waals surface area (Å²) in [4.78, 5) is 26.1. The Bertz CT molecular complexity index is 597. The molecule has 2 aromatic rings. The van der Waals surface area contributed by atoms with Gasteiger partial charge in [-0.15, -0.1) is 0 Å². The van der Waals surface area contributed by atoms with Gasteiger partial charge in [0.25, 0.3) is 0 Å². The molecule has 0 spiro atoms. The molecule has 0 saturated carbocycles. The number of carbonyl (C=O) groups excluding carboxylic acids is 2. The van der Waals surface area contributed by atoms with Crippen molar-refractivity contribution < 1.29 is 9.59 Å². The Morgan fingerprint density at radius 3 is 2.35 bits per heavy atom. The van der Waals surface area contributed by atoms with E-state index >= 15 is 0 Å². The fourth-order valence-corrected chi connectivity index (χ4v) is 1.53. The fourth-order valence-electron chi connectivity index (χ4n) is 1.53. The summed E-state index contributed by atoms with van der Waals surface area (Å²) in [5, 5.41) is 3.94. The number of benzene rings is 1. The Hall–Kier alpha value is -3.02. The average Bonchev–Trinajstić information content (AvgIpc) is 2.49. The van der Waals surface area contributed by atoms with Gasteiger partial charge in [-0.3, -0.25) is 14.6 Å². The number of nitrogens with one attached hydrogen (secondary N) is 1. The molecule has 0 bridgehead atoms. The van der Waals surface area contributed by atoms with Gasteiger partial charge in [0.15, 0.2) is 0 Å². The van der Waals surface area contributed by atoms with Gasteiger partial charge in [0.05, 0.1) is 5.69 Å². The molecular weight excluding hydrogens is 256 g/mol. The normalized spacial score (nSPS) is 10.9. The van der Waals surface area contributed by atoms with Crippen molar-refractivity contribution in [1.82, 2.24) is 10.4 Å². The summed E-state index contributed by atoms with van der Waals surface area (Å²) < 4.78 is 0. The van der Waals surface area contributed by atoms with Gasteiger partial charge in [-0.2, -0.15) is 5.10 Å². The van der Waals surface area contributed by atoms with Gasteiger partial charge < -0.3 is 5.73 Å². The predicted octanol–water partition coefficient (Wildman–Crippen LogP) is 0.436. The number of hydrogen-bond donors (Lipinski definition) is 2. The van der Waals surface area contributed by atoms with Gasteiger partial charge in [0.1, 0.15) is 5.71 Å². The Labute approximate surface area is 115 Å². The minimum absolute atomic E-state index is 0.445. The molecule has 0 saturated heterocycles. The van der Waals surface area contributed by atoms with E-state index in [0.29, 0.717) is 11.4 Å². The second kappa shape index (κ2) is 6.24. The fraction of sp³-hybridized carbons (Fsp3) is 0. The second-order valence-electron chi connectivity index (χ2n) is 3.85. The van der Waals surface area contributed by atoms with E-state index in [-0.39, 0.29) is 0 Å². The van der Waals surface area contributed by atoms with Gasteiger partial charge in [-0.25, -0.2) is 5.43 Å². The van der Waals surface area contributed by atoms with Gasteiger partial charge in [0.2, 0.25) is 0 Å². The third-order valence-corrected chi connectivity index (χ3v) is 2.45. The number of nitrogens with two attached hydrogens (primary N) is 1. The molecule has 2 rings (SSSR count). The molecule has 0 radical (unpaired) electrons. The van der Waals surface area contributed by atoms with E-state index in [1.165, 1.54) is 0 Å². The van der Waals surface area contributed by atoms with E-state index in [0.717, 1.165) is 5.56 Å². The highest BCUT2D eigenvalue weighted by Crippen LogP contribution is 2.07. The average molecular weight is 268 g/mol. The number of hydrogen-bond acceptors (Lipinski definition) is 4. The quantitative estimate of drug-likeness (QED) is 0.480. The summed E-state index contributed by atoms with van der Waals surface area (Å²) in [5.41, 5.74) is 8.76. The minimum Gasteiger partial charge on any atom is -0.361 e. The first-order valence-corrected chi connectivity index (χ1v) is 5.83. The maximum Gasteiger partial charge on any atom is 0.329 e. The summed E-state index contributed by atoms with van der Waals surface area (Å²) in [6.45, 7) is 0. The van der Waals surface area contributed by atoms with Crippen LogP contribution in [0.25, 0.3) is 0 Å². The van der Waals surface area contributed by atoms with Crippen LogP contribution in [0.3, 0.4) is 0 Å². The molecule has 3 N–H and O–H groups in total. The van der Waals surface area contributed by atoms with Crippen molar-refractivity contribution in [3.63, 3.8) is 0 Å². The van der Waals surface area contributed by atoms with Crippen molar-refractivity contribution in [2.45, 2.75) is 0 Å². The molecule has 6 heteroatoms. The summed E-state index contributed by atoms with van der Waals surface area (Å²) >= 11 is 0. The van der Waals surface area contributed by atoms with E-state index in [9.17, 15) is 9.59 Å². The van der Waals surface area contributed by atoms with Gasteiger partial charge >= 0.3 is 11.8 Å². The van der Waals surface area contributed by atoms with Crippen LogP contribution in [-0.4, -0.2) is 22.5 Å². The van der Waals surface area contributed by atoms with Crippen molar-refractivity contribution >= 4 is 17.5 Å². The smallest absolute Gasteiger partial charge is 0.329 e. The van der Waals surface area contributed by atoms with Gasteiger partial charge in [-0.1, -0.05) is 36.4 Å². The van der Waals surface area contributed by atoms with Crippen molar-refractivity contribution in [1.29, 1.82) is 0 Å². The molecule has 0 atom stereocenters. The largest absolute Gasteiger partial charge is 0.361 e. The summed E-state index contributed by atoms with van der Waals surface area (Å²) in [6, 6.07) is 14.5. The molecule has 6 nitrogen and oxygen atoms in total. The lowest BCUT2D eigenvalue weighted by Crippen LogP contribution is -2.33. The van der Waals surface area contributed by atoms with Gasteiger partial charge in [-0.05, 0) is 12.1 Å². The van der Waals surface area contributed by atoms with E-state index in [1.807, 2.05) is 30.3 Å². The van der Waals surface area contributed by atoms with Gasteiger partial charge in [0, 0.05) is 11.8 Å². The zero-order valence-electron chi connectivity index (χ0n) is 10.5. The maximum absolute atomic E-state index is 11.2. The lowest BCUT2D eigenvalue weighted by atomic mass is 10.1. The molecule has 1 heterocycles. The molecule has 0 fully saturated rings. The number of pyridine rings is 1. The summed E-state index contributed by atoms with van der Waals surface area (Å²) in [7, 11) is 0. The van der Waals surface area contributed by atoms with Crippen LogP contribution in [0.2, 0.25) is 0 Å². The Balaban J connectivity index is 2.38. The highest BCUT2D eigenvalue weighted by Gasteiger charge is 2.11. The molecular formula is C14H12N4O2. The number of hydrazone groups is 1. The number of nitrogens with zero attached hydrogens (tertiary/aromatic N) is 2. The van der Waals surface area contributed by atoms with Crippen molar-refractivity contribution in [3.8, 4) is 0 Å². The third kappa shape index (κ3) is 3.26. The Morgan fingerprint density at radius 1 is 1.05 bits per heavy atom. The molecule has 0 aliphatic carbocycles. The highest BCUT2D eigenvalue weighted by atomic mass is 16.2. The van der Waals surface area contributed by atoms with E-state index < -0.39 is 11.8 Å². The zero-order chi connectivity index (χ0) is 14.4. The standard InChI is InChI=1S/C14H12N4O2/c15-13(19)14(20)18-17-12(10-6-2-1-3-7-10)11-8-4-5-9-16-11/h1-9H,(H2,15,19)(H,18,20). The highest BCUT2D eigenvalue weighted by molar-refractivity contribution is 6.34. The molecule has 1 aromatic carbocycles. The van der Waals surface area contributed by atoms with Crippen LogP contribution in [0.5, 0.6) is 0 Å². The Morgan fingerprint density at radius 2 is 1.75 bits per heavy atom. The molecule has 0 aliphatic rings. The first-order valence-electron chi connectivity index (χ1n) is 5.83. The lowest BCUT2D eigenvalue weighted by molar-refractivity contribution is -0.137. The number of aromatic nitrogens is 1. The van der Waals surface area contributed by atoms with Crippen LogP contribution < -0.4 is 11.2 Å². The first kappa shape index (κ1) is 13.4. The van der Waals surface area contributed by atoms with Crippen molar-refractivity contribution in [2.75, 3.05) is 0 Å². The number of rotatable bonds is 3. The van der Waals surface area contributed by atoms with E-state index in [2.05, 4.69) is 15.5 Å².